The normalized spacial score (nSPS) is 15.2. The molecule has 1 aliphatic rings. The summed E-state index contributed by atoms with van der Waals surface area (Å²) in [5.41, 5.74) is 2.65. The molecular formula is C21H24N2O4. The summed E-state index contributed by atoms with van der Waals surface area (Å²) in [7, 11) is 3.18. The van der Waals surface area contributed by atoms with Crippen LogP contribution in [0.25, 0.3) is 0 Å². The van der Waals surface area contributed by atoms with E-state index in [4.69, 9.17) is 9.47 Å². The van der Waals surface area contributed by atoms with Gasteiger partial charge in [-0.05, 0) is 29.8 Å². The third-order valence-corrected chi connectivity index (χ3v) is 4.79. The first-order valence-corrected chi connectivity index (χ1v) is 8.97. The number of ether oxygens (including phenoxy) is 2. The molecule has 27 heavy (non-hydrogen) atoms. The van der Waals surface area contributed by atoms with Gasteiger partial charge >= 0.3 is 0 Å². The van der Waals surface area contributed by atoms with Crippen molar-refractivity contribution in [1.82, 2.24) is 5.32 Å². The molecule has 2 amide bonds. The number of hydrogen-bond acceptors (Lipinski definition) is 4. The summed E-state index contributed by atoms with van der Waals surface area (Å²) >= 11 is 0. The van der Waals surface area contributed by atoms with Crippen LogP contribution in [0.2, 0.25) is 0 Å². The van der Waals surface area contributed by atoms with Gasteiger partial charge in [0, 0.05) is 30.6 Å². The van der Waals surface area contributed by atoms with E-state index in [0.717, 1.165) is 16.8 Å². The number of para-hydroxylation sites is 1. The fourth-order valence-corrected chi connectivity index (χ4v) is 3.39. The number of anilines is 1. The van der Waals surface area contributed by atoms with Crippen LogP contribution in [-0.2, 0) is 22.6 Å². The molecule has 1 atom stereocenters. The van der Waals surface area contributed by atoms with Crippen molar-refractivity contribution in [3.8, 4) is 11.5 Å². The Morgan fingerprint density at radius 2 is 1.93 bits per heavy atom. The molecule has 0 fully saturated rings. The number of methoxy groups -OCH3 is 2. The number of fused-ring (bicyclic) bond motifs is 1. The lowest BCUT2D eigenvalue weighted by Crippen LogP contribution is -2.47. The van der Waals surface area contributed by atoms with Crippen molar-refractivity contribution in [1.29, 1.82) is 0 Å². The van der Waals surface area contributed by atoms with Crippen LogP contribution in [0.4, 0.5) is 5.69 Å². The van der Waals surface area contributed by atoms with Gasteiger partial charge in [-0.2, -0.15) is 0 Å². The molecule has 3 rings (SSSR count). The molecule has 0 saturated heterocycles. The molecule has 0 spiro atoms. The van der Waals surface area contributed by atoms with E-state index in [2.05, 4.69) is 5.32 Å². The van der Waals surface area contributed by atoms with Gasteiger partial charge in [0.25, 0.3) is 0 Å². The van der Waals surface area contributed by atoms with E-state index in [9.17, 15) is 9.59 Å². The molecule has 2 aromatic rings. The van der Waals surface area contributed by atoms with Gasteiger partial charge in [-0.25, -0.2) is 0 Å². The second-order valence-corrected chi connectivity index (χ2v) is 6.36. The van der Waals surface area contributed by atoms with Gasteiger partial charge in [-0.1, -0.05) is 25.1 Å². The van der Waals surface area contributed by atoms with Crippen LogP contribution < -0.4 is 19.7 Å². The lowest BCUT2D eigenvalue weighted by atomic mass is 10.1. The Hall–Kier alpha value is -3.02. The maximum atomic E-state index is 12.9. The minimum Gasteiger partial charge on any atom is -0.497 e. The number of nitrogens with one attached hydrogen (secondary N) is 1. The van der Waals surface area contributed by atoms with Gasteiger partial charge in [0.15, 0.2) is 0 Å². The molecule has 6 heteroatoms. The van der Waals surface area contributed by atoms with Gasteiger partial charge in [0.2, 0.25) is 11.8 Å². The van der Waals surface area contributed by atoms with Gasteiger partial charge < -0.3 is 14.8 Å². The minimum absolute atomic E-state index is 0.0564. The lowest BCUT2D eigenvalue weighted by molar-refractivity contribution is -0.126. The molecule has 1 aliphatic heterocycles. The van der Waals surface area contributed by atoms with Gasteiger partial charge in [-0.3, -0.25) is 14.5 Å². The number of carbonyl (C=O) groups is 2. The molecule has 1 heterocycles. The molecule has 0 bridgehead atoms. The Balaban J connectivity index is 1.77. The predicted octanol–water partition coefficient (Wildman–Crippen LogP) is 2.69. The van der Waals surface area contributed by atoms with Crippen molar-refractivity contribution in [2.75, 3.05) is 19.1 Å². The lowest BCUT2D eigenvalue weighted by Gasteiger charge is -2.24. The molecule has 0 unspecified atom stereocenters. The fraction of sp³-hybridized carbons (Fsp3) is 0.333. The number of amides is 2. The zero-order valence-electron chi connectivity index (χ0n) is 15.8. The first-order chi connectivity index (χ1) is 13.1. The largest absolute Gasteiger partial charge is 0.497 e. The number of benzene rings is 2. The van der Waals surface area contributed by atoms with Crippen molar-refractivity contribution < 1.29 is 19.1 Å². The maximum absolute atomic E-state index is 12.9. The van der Waals surface area contributed by atoms with E-state index in [1.165, 1.54) is 0 Å². The van der Waals surface area contributed by atoms with Crippen LogP contribution in [0.1, 0.15) is 24.5 Å². The zero-order valence-corrected chi connectivity index (χ0v) is 15.8. The van der Waals surface area contributed by atoms with Crippen LogP contribution in [0, 0.1) is 0 Å². The molecule has 0 aliphatic carbocycles. The van der Waals surface area contributed by atoms with Crippen LogP contribution in [-0.4, -0.2) is 32.1 Å². The second-order valence-electron chi connectivity index (χ2n) is 6.36. The number of rotatable bonds is 6. The van der Waals surface area contributed by atoms with E-state index < -0.39 is 6.04 Å². The molecule has 142 valence electrons. The standard InChI is InChI=1S/C21H24N2O4/c1-4-20(24)23-17-8-6-5-7-14(17)12-18(23)21(25)22-13-15-11-16(26-2)9-10-19(15)27-3/h5-11,18H,4,12-13H2,1-3H3,(H,22,25)/t18-/m1/s1. The highest BCUT2D eigenvalue weighted by Gasteiger charge is 2.37. The highest BCUT2D eigenvalue weighted by atomic mass is 16.5. The summed E-state index contributed by atoms with van der Waals surface area (Å²) in [5, 5.41) is 2.94. The summed E-state index contributed by atoms with van der Waals surface area (Å²) in [6.45, 7) is 2.10. The van der Waals surface area contributed by atoms with Gasteiger partial charge in [-0.15, -0.1) is 0 Å². The summed E-state index contributed by atoms with van der Waals surface area (Å²) in [4.78, 5) is 27.0. The quantitative estimate of drug-likeness (QED) is 0.851. The van der Waals surface area contributed by atoms with Crippen molar-refractivity contribution in [2.24, 2.45) is 0 Å². The molecule has 6 nitrogen and oxygen atoms in total. The van der Waals surface area contributed by atoms with Crippen molar-refractivity contribution in [3.05, 3.63) is 53.6 Å². The average Bonchev–Trinajstić information content (AvgIpc) is 3.10. The van der Waals surface area contributed by atoms with Gasteiger partial charge in [0.1, 0.15) is 17.5 Å². The molecule has 0 saturated carbocycles. The van der Waals surface area contributed by atoms with E-state index >= 15 is 0 Å². The number of carbonyl (C=O) groups excluding carboxylic acids is 2. The Kier molecular flexibility index (Phi) is 5.64. The van der Waals surface area contributed by atoms with Crippen LogP contribution in [0.3, 0.4) is 0 Å². The Labute approximate surface area is 159 Å². The summed E-state index contributed by atoms with van der Waals surface area (Å²) in [6.07, 6.45) is 0.866. The average molecular weight is 368 g/mol. The zero-order chi connectivity index (χ0) is 19.4. The Bertz CT molecular complexity index is 850. The fourth-order valence-electron chi connectivity index (χ4n) is 3.39. The minimum atomic E-state index is -0.536. The van der Waals surface area contributed by atoms with E-state index in [-0.39, 0.29) is 11.8 Å². The van der Waals surface area contributed by atoms with Gasteiger partial charge in [0.05, 0.1) is 14.2 Å². The van der Waals surface area contributed by atoms with Crippen LogP contribution in [0.5, 0.6) is 11.5 Å². The van der Waals surface area contributed by atoms with E-state index in [1.54, 1.807) is 38.2 Å². The van der Waals surface area contributed by atoms with Crippen molar-refractivity contribution in [3.63, 3.8) is 0 Å². The summed E-state index contributed by atoms with van der Waals surface area (Å²) < 4.78 is 10.6. The highest BCUT2D eigenvalue weighted by Crippen LogP contribution is 2.33. The Morgan fingerprint density at radius 1 is 1.15 bits per heavy atom. The van der Waals surface area contributed by atoms with Crippen LogP contribution >= 0.6 is 0 Å². The van der Waals surface area contributed by atoms with Crippen molar-refractivity contribution in [2.45, 2.75) is 32.4 Å². The Morgan fingerprint density at radius 3 is 2.63 bits per heavy atom. The van der Waals surface area contributed by atoms with Crippen molar-refractivity contribution >= 4 is 17.5 Å². The summed E-state index contributed by atoms with van der Waals surface area (Å²) in [6, 6.07) is 12.6. The number of hydrogen-bond donors (Lipinski definition) is 1. The highest BCUT2D eigenvalue weighted by molar-refractivity contribution is 6.03. The second kappa shape index (κ2) is 8.12. The van der Waals surface area contributed by atoms with E-state index in [1.807, 2.05) is 30.3 Å². The SMILES string of the molecule is CCC(=O)N1c2ccccc2C[C@@H]1C(=O)NCc1cc(OC)ccc1OC. The van der Waals surface area contributed by atoms with E-state index in [0.29, 0.717) is 30.9 Å². The topological polar surface area (TPSA) is 67.9 Å². The first kappa shape index (κ1) is 18.8. The maximum Gasteiger partial charge on any atom is 0.243 e. The van der Waals surface area contributed by atoms with Crippen LogP contribution in [0.15, 0.2) is 42.5 Å². The molecule has 0 radical (unpaired) electrons. The smallest absolute Gasteiger partial charge is 0.243 e. The third kappa shape index (κ3) is 3.74. The monoisotopic (exact) mass is 368 g/mol. The molecular weight excluding hydrogens is 344 g/mol. The number of nitrogens with zero attached hydrogens (tertiary/aromatic N) is 1. The third-order valence-electron chi connectivity index (χ3n) is 4.79. The molecule has 2 aromatic carbocycles. The molecule has 1 N–H and O–H groups in total. The first-order valence-electron chi connectivity index (χ1n) is 8.97. The predicted molar refractivity (Wildman–Crippen MR) is 103 cm³/mol. The summed E-state index contributed by atoms with van der Waals surface area (Å²) in [5.74, 6) is 1.13. The molecule has 0 aromatic heterocycles.